The molecule has 0 aliphatic heterocycles. The van der Waals surface area contributed by atoms with E-state index in [1.165, 1.54) is 21.8 Å². The minimum absolute atomic E-state index is 0.140. The first-order chi connectivity index (χ1) is 8.11. The first-order valence-corrected chi connectivity index (χ1v) is 7.80. The summed E-state index contributed by atoms with van der Waals surface area (Å²) in [5.41, 5.74) is 2.33. The van der Waals surface area contributed by atoms with Crippen LogP contribution in [0.4, 0.5) is 0 Å². The molecule has 0 aromatic carbocycles. The lowest BCUT2D eigenvalue weighted by atomic mass is 10.0. The van der Waals surface area contributed by atoms with E-state index in [1.54, 1.807) is 11.3 Å². The number of thiophene rings is 2. The van der Waals surface area contributed by atoms with Gasteiger partial charge >= 0.3 is 0 Å². The number of halogens is 2. The van der Waals surface area contributed by atoms with Crippen LogP contribution in [0.1, 0.15) is 29.0 Å². The summed E-state index contributed by atoms with van der Waals surface area (Å²) >= 11 is 15.4. The molecule has 17 heavy (non-hydrogen) atoms. The second-order valence-corrected chi connectivity index (χ2v) is 7.16. The Kier molecular flexibility index (Phi) is 4.50. The second kappa shape index (κ2) is 5.72. The normalized spacial score (nSPS) is 12.9. The van der Waals surface area contributed by atoms with Crippen molar-refractivity contribution in [3.63, 3.8) is 0 Å². The monoisotopic (exact) mass is 305 g/mol. The third-order valence-corrected chi connectivity index (χ3v) is 4.88. The summed E-state index contributed by atoms with van der Waals surface area (Å²) in [5, 5.41) is 5.62. The fourth-order valence-corrected chi connectivity index (χ4v) is 4.04. The van der Waals surface area contributed by atoms with E-state index in [0.29, 0.717) is 0 Å². The highest BCUT2D eigenvalue weighted by Gasteiger charge is 2.19. The SMILES string of the molecule is CCNC(c1csc(C)c1)c1cc(Cl)sc1Cl. The average Bonchev–Trinajstić information content (AvgIpc) is 2.82. The van der Waals surface area contributed by atoms with Crippen molar-refractivity contribution in [2.75, 3.05) is 6.54 Å². The predicted molar refractivity (Wildman–Crippen MR) is 78.9 cm³/mol. The highest BCUT2D eigenvalue weighted by molar-refractivity contribution is 7.20. The van der Waals surface area contributed by atoms with Gasteiger partial charge in [0, 0.05) is 10.4 Å². The zero-order valence-electron chi connectivity index (χ0n) is 9.59. The van der Waals surface area contributed by atoms with Gasteiger partial charge in [0.15, 0.2) is 0 Å². The molecular weight excluding hydrogens is 293 g/mol. The lowest BCUT2D eigenvalue weighted by Crippen LogP contribution is -2.21. The van der Waals surface area contributed by atoms with Crippen LogP contribution in [-0.4, -0.2) is 6.54 Å². The highest BCUT2D eigenvalue weighted by Crippen LogP contribution is 2.38. The van der Waals surface area contributed by atoms with Gasteiger partial charge < -0.3 is 5.32 Å². The molecule has 2 heterocycles. The molecule has 1 unspecified atom stereocenters. The summed E-state index contributed by atoms with van der Waals surface area (Å²) in [4.78, 5) is 1.31. The van der Waals surface area contributed by atoms with Crippen molar-refractivity contribution in [2.24, 2.45) is 0 Å². The minimum Gasteiger partial charge on any atom is -0.306 e. The van der Waals surface area contributed by atoms with Gasteiger partial charge in [-0.3, -0.25) is 0 Å². The molecule has 1 N–H and O–H groups in total. The van der Waals surface area contributed by atoms with Crippen molar-refractivity contribution < 1.29 is 0 Å². The summed E-state index contributed by atoms with van der Waals surface area (Å²) < 4.78 is 1.50. The van der Waals surface area contributed by atoms with Crippen LogP contribution in [0.2, 0.25) is 8.67 Å². The van der Waals surface area contributed by atoms with Gasteiger partial charge in [-0.05, 0) is 36.5 Å². The third-order valence-electron chi connectivity index (χ3n) is 2.49. The molecule has 2 aromatic rings. The number of hydrogen-bond donors (Lipinski definition) is 1. The van der Waals surface area contributed by atoms with E-state index in [0.717, 1.165) is 20.8 Å². The van der Waals surface area contributed by atoms with Gasteiger partial charge in [0.05, 0.1) is 14.7 Å². The molecule has 0 aliphatic carbocycles. The molecule has 92 valence electrons. The maximum absolute atomic E-state index is 6.23. The van der Waals surface area contributed by atoms with Crippen LogP contribution >= 0.6 is 45.9 Å². The molecule has 0 aliphatic rings. The zero-order chi connectivity index (χ0) is 12.4. The van der Waals surface area contributed by atoms with Gasteiger partial charge in [0.2, 0.25) is 0 Å². The smallest absolute Gasteiger partial charge is 0.0995 e. The average molecular weight is 306 g/mol. The molecule has 0 amide bonds. The zero-order valence-corrected chi connectivity index (χ0v) is 12.7. The fraction of sp³-hybridized carbons (Fsp3) is 0.333. The molecule has 5 heteroatoms. The molecule has 0 saturated carbocycles. The van der Waals surface area contributed by atoms with Gasteiger partial charge in [-0.25, -0.2) is 0 Å². The van der Waals surface area contributed by atoms with Crippen molar-refractivity contribution >= 4 is 45.9 Å². The highest BCUT2D eigenvalue weighted by atomic mass is 35.5. The Morgan fingerprint density at radius 3 is 2.59 bits per heavy atom. The van der Waals surface area contributed by atoms with E-state index >= 15 is 0 Å². The lowest BCUT2D eigenvalue weighted by molar-refractivity contribution is 0.634. The van der Waals surface area contributed by atoms with E-state index in [1.807, 2.05) is 6.07 Å². The van der Waals surface area contributed by atoms with Crippen LogP contribution in [0.25, 0.3) is 0 Å². The Morgan fingerprint density at radius 1 is 1.35 bits per heavy atom. The molecule has 0 bridgehead atoms. The molecular formula is C12H13Cl2NS2. The Hall–Kier alpha value is -0.0600. The third kappa shape index (κ3) is 3.04. The van der Waals surface area contributed by atoms with E-state index < -0.39 is 0 Å². The predicted octanol–water partition coefficient (Wildman–Crippen LogP) is 5.12. The number of rotatable bonds is 4. The number of aryl methyl sites for hydroxylation is 1. The van der Waals surface area contributed by atoms with Gasteiger partial charge in [-0.15, -0.1) is 22.7 Å². The van der Waals surface area contributed by atoms with E-state index in [2.05, 4.69) is 30.6 Å². The Balaban J connectivity index is 2.38. The van der Waals surface area contributed by atoms with Gasteiger partial charge in [-0.2, -0.15) is 0 Å². The Morgan fingerprint density at radius 2 is 2.12 bits per heavy atom. The van der Waals surface area contributed by atoms with Crippen molar-refractivity contribution in [2.45, 2.75) is 19.9 Å². The van der Waals surface area contributed by atoms with E-state index in [-0.39, 0.29) is 6.04 Å². The molecule has 0 fully saturated rings. The van der Waals surface area contributed by atoms with Crippen LogP contribution in [0.15, 0.2) is 17.5 Å². The van der Waals surface area contributed by atoms with Crippen LogP contribution < -0.4 is 5.32 Å². The topological polar surface area (TPSA) is 12.0 Å². The van der Waals surface area contributed by atoms with E-state index in [4.69, 9.17) is 23.2 Å². The minimum atomic E-state index is 0.140. The van der Waals surface area contributed by atoms with Crippen molar-refractivity contribution in [1.82, 2.24) is 5.32 Å². The molecule has 2 rings (SSSR count). The summed E-state index contributed by atoms with van der Waals surface area (Å²) in [6.07, 6.45) is 0. The molecule has 1 nitrogen and oxygen atoms in total. The summed E-state index contributed by atoms with van der Waals surface area (Å²) in [5.74, 6) is 0. The van der Waals surface area contributed by atoms with Gasteiger partial charge in [0.1, 0.15) is 0 Å². The first-order valence-electron chi connectivity index (χ1n) is 5.35. The van der Waals surface area contributed by atoms with Crippen molar-refractivity contribution in [3.8, 4) is 0 Å². The van der Waals surface area contributed by atoms with Crippen LogP contribution in [0.5, 0.6) is 0 Å². The van der Waals surface area contributed by atoms with Gasteiger partial charge in [0.25, 0.3) is 0 Å². The van der Waals surface area contributed by atoms with Crippen LogP contribution in [0, 0.1) is 6.92 Å². The molecule has 0 saturated heterocycles. The van der Waals surface area contributed by atoms with Crippen LogP contribution in [-0.2, 0) is 0 Å². The van der Waals surface area contributed by atoms with E-state index in [9.17, 15) is 0 Å². The first kappa shape index (κ1) is 13.4. The van der Waals surface area contributed by atoms with Gasteiger partial charge in [-0.1, -0.05) is 30.1 Å². The second-order valence-electron chi connectivity index (χ2n) is 3.76. The van der Waals surface area contributed by atoms with Crippen molar-refractivity contribution in [1.29, 1.82) is 0 Å². The quantitative estimate of drug-likeness (QED) is 0.826. The largest absolute Gasteiger partial charge is 0.306 e. The number of nitrogens with one attached hydrogen (secondary N) is 1. The Bertz CT molecular complexity index is 504. The lowest BCUT2D eigenvalue weighted by Gasteiger charge is -2.16. The summed E-state index contributed by atoms with van der Waals surface area (Å²) in [6.45, 7) is 5.09. The summed E-state index contributed by atoms with van der Waals surface area (Å²) in [7, 11) is 0. The standard InChI is InChI=1S/C12H13Cl2NS2/c1-3-15-11(8-4-7(2)16-6-8)9-5-10(13)17-12(9)14/h4-6,11,15H,3H2,1-2H3. The maximum Gasteiger partial charge on any atom is 0.0995 e. The van der Waals surface area contributed by atoms with Crippen molar-refractivity contribution in [3.05, 3.63) is 42.2 Å². The molecule has 2 aromatic heterocycles. The molecule has 1 atom stereocenters. The summed E-state index contributed by atoms with van der Waals surface area (Å²) in [6, 6.07) is 4.29. The van der Waals surface area contributed by atoms with Crippen LogP contribution in [0.3, 0.4) is 0 Å². The molecule has 0 spiro atoms. The maximum atomic E-state index is 6.23. The fourth-order valence-electron chi connectivity index (χ4n) is 1.78. The number of hydrogen-bond acceptors (Lipinski definition) is 3. The Labute approximate surface area is 119 Å². The molecule has 0 radical (unpaired) electrons.